The van der Waals surface area contributed by atoms with Crippen molar-refractivity contribution in [1.29, 1.82) is 0 Å². The molecule has 3 nitrogen and oxygen atoms in total. The number of halogens is 1. The molecule has 1 aromatic heterocycles. The molecule has 18 heavy (non-hydrogen) atoms. The predicted octanol–water partition coefficient (Wildman–Crippen LogP) is 4.03. The molecule has 1 atom stereocenters. The molecule has 1 unspecified atom stereocenters. The highest BCUT2D eigenvalue weighted by molar-refractivity contribution is 9.10. The number of hydrogen-bond acceptors (Lipinski definition) is 3. The standard InChI is InChI=1S/C14H15BrN2O/c1-10(13-5-3-4-8-16-13)17-14-9-11(18-2)6-7-12(14)15/h3-10,17H,1-2H3. The average molecular weight is 307 g/mol. The molecule has 0 saturated heterocycles. The minimum Gasteiger partial charge on any atom is -0.497 e. The summed E-state index contributed by atoms with van der Waals surface area (Å²) >= 11 is 3.52. The summed E-state index contributed by atoms with van der Waals surface area (Å²) in [7, 11) is 1.66. The number of hydrogen-bond donors (Lipinski definition) is 1. The fourth-order valence-corrected chi connectivity index (χ4v) is 2.04. The molecule has 2 aromatic rings. The Labute approximate surface area is 115 Å². The molecule has 94 valence electrons. The number of rotatable bonds is 4. The van der Waals surface area contributed by atoms with E-state index < -0.39 is 0 Å². The van der Waals surface area contributed by atoms with E-state index in [4.69, 9.17) is 4.74 Å². The van der Waals surface area contributed by atoms with E-state index in [2.05, 4.69) is 33.2 Å². The number of nitrogens with zero attached hydrogens (tertiary/aromatic N) is 1. The Morgan fingerprint density at radius 2 is 2.11 bits per heavy atom. The van der Waals surface area contributed by atoms with Crippen molar-refractivity contribution in [2.24, 2.45) is 0 Å². The highest BCUT2D eigenvalue weighted by Gasteiger charge is 2.09. The Kier molecular flexibility index (Phi) is 4.20. The molecule has 0 aliphatic rings. The Morgan fingerprint density at radius 3 is 2.78 bits per heavy atom. The molecule has 0 saturated carbocycles. The number of benzene rings is 1. The van der Waals surface area contributed by atoms with Crippen molar-refractivity contribution in [2.45, 2.75) is 13.0 Å². The van der Waals surface area contributed by atoms with Gasteiger partial charge >= 0.3 is 0 Å². The lowest BCUT2D eigenvalue weighted by molar-refractivity contribution is 0.415. The van der Waals surface area contributed by atoms with E-state index >= 15 is 0 Å². The summed E-state index contributed by atoms with van der Waals surface area (Å²) in [6.45, 7) is 2.08. The molecule has 0 spiro atoms. The number of methoxy groups -OCH3 is 1. The van der Waals surface area contributed by atoms with E-state index in [-0.39, 0.29) is 6.04 Å². The van der Waals surface area contributed by atoms with Crippen LogP contribution in [0.25, 0.3) is 0 Å². The van der Waals surface area contributed by atoms with Crippen molar-refractivity contribution < 1.29 is 4.74 Å². The van der Waals surface area contributed by atoms with Gasteiger partial charge in [0.15, 0.2) is 0 Å². The van der Waals surface area contributed by atoms with Gasteiger partial charge < -0.3 is 10.1 Å². The Balaban J connectivity index is 2.18. The SMILES string of the molecule is COc1ccc(Br)c(NC(C)c2ccccn2)c1. The fourth-order valence-electron chi connectivity index (χ4n) is 1.68. The van der Waals surface area contributed by atoms with Gasteiger partial charge in [0, 0.05) is 16.7 Å². The maximum absolute atomic E-state index is 5.22. The molecule has 0 radical (unpaired) electrons. The number of nitrogens with one attached hydrogen (secondary N) is 1. The van der Waals surface area contributed by atoms with Crippen molar-refractivity contribution in [2.75, 3.05) is 12.4 Å². The Hall–Kier alpha value is -1.55. The summed E-state index contributed by atoms with van der Waals surface area (Å²) in [5, 5.41) is 3.41. The monoisotopic (exact) mass is 306 g/mol. The largest absolute Gasteiger partial charge is 0.497 e. The molecule has 2 rings (SSSR count). The van der Waals surface area contributed by atoms with Crippen LogP contribution in [0.4, 0.5) is 5.69 Å². The lowest BCUT2D eigenvalue weighted by Crippen LogP contribution is -2.08. The van der Waals surface area contributed by atoms with Crippen LogP contribution in [-0.4, -0.2) is 12.1 Å². The lowest BCUT2D eigenvalue weighted by atomic mass is 10.2. The van der Waals surface area contributed by atoms with Gasteiger partial charge in [-0.1, -0.05) is 6.07 Å². The van der Waals surface area contributed by atoms with Crippen molar-refractivity contribution in [3.63, 3.8) is 0 Å². The number of pyridine rings is 1. The van der Waals surface area contributed by atoms with Gasteiger partial charge in [0.05, 0.1) is 24.5 Å². The molecule has 0 fully saturated rings. The summed E-state index contributed by atoms with van der Waals surface area (Å²) in [4.78, 5) is 4.34. The van der Waals surface area contributed by atoms with Crippen LogP contribution in [0.1, 0.15) is 18.7 Å². The Bertz CT molecular complexity index is 516. The molecule has 0 amide bonds. The summed E-state index contributed by atoms with van der Waals surface area (Å²) in [6, 6.07) is 11.9. The number of aromatic nitrogens is 1. The zero-order valence-electron chi connectivity index (χ0n) is 10.4. The van der Waals surface area contributed by atoms with Crippen molar-refractivity contribution >= 4 is 21.6 Å². The number of ether oxygens (including phenoxy) is 1. The normalized spacial score (nSPS) is 11.9. The van der Waals surface area contributed by atoms with Crippen LogP contribution >= 0.6 is 15.9 Å². The van der Waals surface area contributed by atoms with Gasteiger partial charge in [-0.05, 0) is 47.1 Å². The first-order valence-corrected chi connectivity index (χ1v) is 6.51. The van der Waals surface area contributed by atoms with Crippen LogP contribution in [0, 0.1) is 0 Å². The maximum Gasteiger partial charge on any atom is 0.121 e. The molecular weight excluding hydrogens is 292 g/mol. The van der Waals surface area contributed by atoms with Gasteiger partial charge in [-0.3, -0.25) is 4.98 Å². The third kappa shape index (κ3) is 3.01. The molecule has 1 aromatic carbocycles. The van der Waals surface area contributed by atoms with Crippen LogP contribution < -0.4 is 10.1 Å². The minimum absolute atomic E-state index is 0.134. The third-order valence-electron chi connectivity index (χ3n) is 2.68. The van der Waals surface area contributed by atoms with E-state index in [1.807, 2.05) is 36.4 Å². The van der Waals surface area contributed by atoms with Crippen molar-refractivity contribution in [3.05, 3.63) is 52.8 Å². The smallest absolute Gasteiger partial charge is 0.121 e. The predicted molar refractivity (Wildman–Crippen MR) is 77.0 cm³/mol. The van der Waals surface area contributed by atoms with Crippen LogP contribution in [0.15, 0.2) is 47.1 Å². The quantitative estimate of drug-likeness (QED) is 0.926. The molecule has 0 aliphatic heterocycles. The first-order valence-electron chi connectivity index (χ1n) is 5.71. The molecular formula is C14H15BrN2O. The molecule has 1 heterocycles. The van der Waals surface area contributed by atoms with Gasteiger partial charge in [-0.25, -0.2) is 0 Å². The fraction of sp³-hybridized carbons (Fsp3) is 0.214. The van der Waals surface area contributed by atoms with Crippen LogP contribution in [0.5, 0.6) is 5.75 Å². The lowest BCUT2D eigenvalue weighted by Gasteiger charge is -2.16. The highest BCUT2D eigenvalue weighted by atomic mass is 79.9. The zero-order chi connectivity index (χ0) is 13.0. The second-order valence-corrected chi connectivity index (χ2v) is 4.82. The van der Waals surface area contributed by atoms with Crippen LogP contribution in [0.2, 0.25) is 0 Å². The molecule has 0 aliphatic carbocycles. The van der Waals surface area contributed by atoms with E-state index in [9.17, 15) is 0 Å². The van der Waals surface area contributed by atoms with Gasteiger partial charge in [-0.15, -0.1) is 0 Å². The maximum atomic E-state index is 5.22. The summed E-state index contributed by atoms with van der Waals surface area (Å²) in [5.41, 5.74) is 2.00. The van der Waals surface area contributed by atoms with E-state index in [0.717, 1.165) is 21.6 Å². The van der Waals surface area contributed by atoms with Crippen LogP contribution in [-0.2, 0) is 0 Å². The second-order valence-electron chi connectivity index (χ2n) is 3.97. The highest BCUT2D eigenvalue weighted by Crippen LogP contribution is 2.29. The van der Waals surface area contributed by atoms with Gasteiger partial charge in [-0.2, -0.15) is 0 Å². The van der Waals surface area contributed by atoms with Crippen molar-refractivity contribution in [3.8, 4) is 5.75 Å². The second kappa shape index (κ2) is 5.87. The molecule has 0 bridgehead atoms. The first kappa shape index (κ1) is 12.9. The van der Waals surface area contributed by atoms with Gasteiger partial charge in [0.2, 0.25) is 0 Å². The van der Waals surface area contributed by atoms with Gasteiger partial charge in [0.1, 0.15) is 5.75 Å². The van der Waals surface area contributed by atoms with E-state index in [1.165, 1.54) is 0 Å². The third-order valence-corrected chi connectivity index (χ3v) is 3.37. The molecule has 1 N–H and O–H groups in total. The average Bonchev–Trinajstić information content (AvgIpc) is 2.42. The number of anilines is 1. The van der Waals surface area contributed by atoms with Gasteiger partial charge in [0.25, 0.3) is 0 Å². The van der Waals surface area contributed by atoms with Crippen LogP contribution in [0.3, 0.4) is 0 Å². The topological polar surface area (TPSA) is 34.1 Å². The first-order chi connectivity index (χ1) is 8.70. The summed E-state index contributed by atoms with van der Waals surface area (Å²) < 4.78 is 6.23. The molecule has 4 heteroatoms. The van der Waals surface area contributed by atoms with Crippen molar-refractivity contribution in [1.82, 2.24) is 4.98 Å². The zero-order valence-corrected chi connectivity index (χ0v) is 11.9. The summed E-state index contributed by atoms with van der Waals surface area (Å²) in [5.74, 6) is 0.828. The van der Waals surface area contributed by atoms with E-state index in [1.54, 1.807) is 13.3 Å². The minimum atomic E-state index is 0.134. The van der Waals surface area contributed by atoms with E-state index in [0.29, 0.717) is 0 Å². The summed E-state index contributed by atoms with van der Waals surface area (Å²) in [6.07, 6.45) is 1.80. The Morgan fingerprint density at radius 1 is 1.28 bits per heavy atom.